The van der Waals surface area contributed by atoms with Crippen LogP contribution >= 0.6 is 0 Å². The van der Waals surface area contributed by atoms with Crippen LogP contribution in [0.1, 0.15) is 16.8 Å². The van der Waals surface area contributed by atoms with E-state index in [0.717, 1.165) is 39.3 Å². The first kappa shape index (κ1) is 30.5. The number of pyridine rings is 1. The van der Waals surface area contributed by atoms with Gasteiger partial charge in [-0.25, -0.2) is 4.39 Å². The predicted octanol–water partition coefficient (Wildman–Crippen LogP) is 5.80. The van der Waals surface area contributed by atoms with E-state index in [4.69, 9.17) is 30.4 Å². The van der Waals surface area contributed by atoms with E-state index < -0.39 is 5.82 Å². The Hall–Kier alpha value is -4.93. The summed E-state index contributed by atoms with van der Waals surface area (Å²) in [6, 6.07) is 22.6. The predicted molar refractivity (Wildman–Crippen MR) is 169 cm³/mol. The topological polar surface area (TPSA) is 122 Å². The lowest BCUT2D eigenvalue weighted by atomic mass is 10.1. The van der Waals surface area contributed by atoms with Crippen molar-refractivity contribution < 1.29 is 28.1 Å². The van der Waals surface area contributed by atoms with Crippen molar-refractivity contribution in [1.82, 2.24) is 9.88 Å². The number of nitrogen functional groups attached to an aromatic ring is 1. The summed E-state index contributed by atoms with van der Waals surface area (Å²) < 4.78 is 38.2. The number of benzene rings is 4. The zero-order valence-electron chi connectivity index (χ0n) is 24.5. The Morgan fingerprint density at radius 3 is 2.45 bits per heavy atom. The van der Waals surface area contributed by atoms with Crippen molar-refractivity contribution in [3.05, 3.63) is 96.4 Å². The van der Waals surface area contributed by atoms with Gasteiger partial charge < -0.3 is 30.4 Å². The third-order valence-electron chi connectivity index (χ3n) is 7.19. The quantitative estimate of drug-likeness (QED) is 0.161. The van der Waals surface area contributed by atoms with Gasteiger partial charge in [-0.3, -0.25) is 14.7 Å². The van der Waals surface area contributed by atoms with Crippen molar-refractivity contribution >= 4 is 33.3 Å². The van der Waals surface area contributed by atoms with Gasteiger partial charge in [-0.15, -0.1) is 0 Å². The summed E-state index contributed by atoms with van der Waals surface area (Å²) in [4.78, 5) is 17.3. The molecule has 1 aromatic heterocycles. The highest BCUT2D eigenvalue weighted by molar-refractivity contribution is 5.92. The molecule has 1 aliphatic heterocycles. The molecule has 10 heteroatoms. The fraction of sp³-hybridized carbons (Fsp3) is 0.235. The van der Waals surface area contributed by atoms with Crippen LogP contribution in [0.5, 0.6) is 23.0 Å². The summed E-state index contributed by atoms with van der Waals surface area (Å²) in [6.45, 7) is 5.00. The van der Waals surface area contributed by atoms with Gasteiger partial charge in [0.15, 0.2) is 23.1 Å². The highest BCUT2D eigenvalue weighted by atomic mass is 19.1. The zero-order chi connectivity index (χ0) is 30.9. The molecule has 0 saturated carbocycles. The third kappa shape index (κ3) is 7.52. The maximum Gasteiger partial charge on any atom is 0.248 e. The van der Waals surface area contributed by atoms with Crippen LogP contribution < -0.4 is 25.7 Å². The Kier molecular flexibility index (Phi) is 10.1. The van der Waals surface area contributed by atoms with Gasteiger partial charge in [0.25, 0.3) is 0 Å². The fourth-order valence-electron chi connectivity index (χ4n) is 4.87. The molecule has 5 aromatic rings. The first-order valence-corrected chi connectivity index (χ1v) is 14.3. The van der Waals surface area contributed by atoms with Crippen LogP contribution in [-0.4, -0.2) is 62.4 Å². The van der Waals surface area contributed by atoms with E-state index in [1.165, 1.54) is 0 Å². The molecule has 0 aliphatic carbocycles. The summed E-state index contributed by atoms with van der Waals surface area (Å²) in [5.74, 6) is 0.950. The molecule has 4 N–H and O–H groups in total. The molecular formula is C34H35FN4O5. The Labute approximate surface area is 255 Å². The van der Waals surface area contributed by atoms with Crippen LogP contribution in [0.4, 0.5) is 10.1 Å². The number of carbonyl (C=O) groups is 1. The second-order valence-corrected chi connectivity index (χ2v) is 10.2. The van der Waals surface area contributed by atoms with Gasteiger partial charge in [-0.1, -0.05) is 24.3 Å². The Balaban J connectivity index is 0.000000367. The standard InChI is InChI=1S/C27H28FN3O4.C7H7NO/c1-32-25-16-21-22(17-26(25)34-12-2-9-31-10-13-33-14-11-31)30-8-7-23(21)35-24-6-3-18-15-19(29)4-5-20(18)27(24)28;8-7(9)6-4-2-1-3-5-6/h3-8,15-17H,2,9-14,29H2,1H3;1-5H,(H2,8,9). The molecule has 9 nitrogen and oxygen atoms in total. The number of halogens is 1. The van der Waals surface area contributed by atoms with Crippen LogP contribution in [0, 0.1) is 5.82 Å². The van der Waals surface area contributed by atoms with Crippen molar-refractivity contribution in [1.29, 1.82) is 0 Å². The lowest BCUT2D eigenvalue weighted by molar-refractivity contribution is 0.0357. The second-order valence-electron chi connectivity index (χ2n) is 10.2. The van der Waals surface area contributed by atoms with Crippen LogP contribution in [0.2, 0.25) is 0 Å². The average Bonchev–Trinajstić information content (AvgIpc) is 3.05. The number of carbonyl (C=O) groups excluding carboxylic acids is 1. The first-order valence-electron chi connectivity index (χ1n) is 14.3. The molecule has 4 aromatic carbocycles. The maximum absolute atomic E-state index is 15.2. The van der Waals surface area contributed by atoms with E-state index in [-0.39, 0.29) is 11.7 Å². The highest BCUT2D eigenvalue weighted by Crippen LogP contribution is 2.38. The monoisotopic (exact) mass is 598 g/mol. The second kappa shape index (κ2) is 14.5. The van der Waals surface area contributed by atoms with Gasteiger partial charge in [0.2, 0.25) is 5.91 Å². The minimum Gasteiger partial charge on any atom is -0.493 e. The molecule has 228 valence electrons. The molecule has 1 aliphatic rings. The molecule has 0 spiro atoms. The number of amides is 1. The number of ether oxygens (including phenoxy) is 4. The van der Waals surface area contributed by atoms with Crippen molar-refractivity contribution in [2.24, 2.45) is 5.73 Å². The number of primary amides is 1. The molecule has 0 radical (unpaired) electrons. The number of aromatic nitrogens is 1. The molecule has 44 heavy (non-hydrogen) atoms. The Morgan fingerprint density at radius 2 is 1.73 bits per heavy atom. The molecule has 0 bridgehead atoms. The fourth-order valence-corrected chi connectivity index (χ4v) is 4.87. The highest BCUT2D eigenvalue weighted by Gasteiger charge is 2.15. The van der Waals surface area contributed by atoms with E-state index in [9.17, 15) is 4.79 Å². The van der Waals surface area contributed by atoms with Gasteiger partial charge >= 0.3 is 0 Å². The summed E-state index contributed by atoms with van der Waals surface area (Å²) in [5, 5.41) is 1.86. The Bertz CT molecular complexity index is 1730. The van der Waals surface area contributed by atoms with E-state index in [1.54, 1.807) is 74.0 Å². The number of fused-ring (bicyclic) bond motifs is 2. The van der Waals surface area contributed by atoms with E-state index in [1.807, 2.05) is 18.2 Å². The number of rotatable bonds is 9. The molecule has 1 saturated heterocycles. The smallest absolute Gasteiger partial charge is 0.248 e. The lowest BCUT2D eigenvalue weighted by Crippen LogP contribution is -2.37. The molecular weight excluding hydrogens is 563 g/mol. The molecule has 0 unspecified atom stereocenters. The van der Waals surface area contributed by atoms with Crippen LogP contribution in [0.25, 0.3) is 21.7 Å². The van der Waals surface area contributed by atoms with Gasteiger partial charge in [-0.2, -0.15) is 0 Å². The number of hydrogen-bond acceptors (Lipinski definition) is 8. The van der Waals surface area contributed by atoms with Crippen molar-refractivity contribution in [2.45, 2.75) is 6.42 Å². The number of anilines is 1. The molecule has 2 heterocycles. The lowest BCUT2D eigenvalue weighted by Gasteiger charge is -2.26. The third-order valence-corrected chi connectivity index (χ3v) is 7.19. The summed E-state index contributed by atoms with van der Waals surface area (Å²) in [7, 11) is 1.59. The number of methoxy groups -OCH3 is 1. The van der Waals surface area contributed by atoms with Gasteiger partial charge in [0.05, 0.1) is 32.4 Å². The summed E-state index contributed by atoms with van der Waals surface area (Å²) in [5.41, 5.74) is 12.6. The largest absolute Gasteiger partial charge is 0.493 e. The molecule has 1 amide bonds. The minimum absolute atomic E-state index is 0.122. The number of nitrogens with two attached hydrogens (primary N) is 2. The minimum atomic E-state index is -0.445. The molecule has 6 rings (SSSR count). The normalized spacial score (nSPS) is 13.2. The van der Waals surface area contributed by atoms with Gasteiger partial charge in [0, 0.05) is 53.9 Å². The molecule has 1 fully saturated rings. The molecule has 0 atom stereocenters. The van der Waals surface area contributed by atoms with Crippen molar-refractivity contribution in [2.75, 3.05) is 52.3 Å². The maximum atomic E-state index is 15.2. The number of nitrogens with zero attached hydrogens (tertiary/aromatic N) is 2. The first-order chi connectivity index (χ1) is 21.4. The number of hydrogen-bond donors (Lipinski definition) is 2. The van der Waals surface area contributed by atoms with Crippen LogP contribution in [0.3, 0.4) is 0 Å². The van der Waals surface area contributed by atoms with Crippen LogP contribution in [-0.2, 0) is 4.74 Å². The number of morpholine rings is 1. The van der Waals surface area contributed by atoms with Crippen LogP contribution in [0.15, 0.2) is 85.1 Å². The summed E-state index contributed by atoms with van der Waals surface area (Å²) >= 11 is 0. The van der Waals surface area contributed by atoms with E-state index in [0.29, 0.717) is 56.8 Å². The van der Waals surface area contributed by atoms with Crippen molar-refractivity contribution in [3.63, 3.8) is 0 Å². The van der Waals surface area contributed by atoms with Gasteiger partial charge in [0.1, 0.15) is 5.75 Å². The SMILES string of the molecule is COc1cc2c(Oc3ccc4cc(N)ccc4c3F)ccnc2cc1OCCCN1CCOCC1.NC(=O)c1ccccc1. The van der Waals surface area contributed by atoms with E-state index in [2.05, 4.69) is 9.88 Å². The summed E-state index contributed by atoms with van der Waals surface area (Å²) in [6.07, 6.45) is 2.52. The Morgan fingerprint density at radius 1 is 0.932 bits per heavy atom. The zero-order valence-corrected chi connectivity index (χ0v) is 24.5. The average molecular weight is 599 g/mol. The van der Waals surface area contributed by atoms with E-state index >= 15 is 4.39 Å². The van der Waals surface area contributed by atoms with Crippen molar-refractivity contribution in [3.8, 4) is 23.0 Å². The van der Waals surface area contributed by atoms with Gasteiger partial charge in [-0.05, 0) is 60.3 Å².